The number of hydrogen-bond donors (Lipinski definition) is 0. The van der Waals surface area contributed by atoms with E-state index in [1.807, 2.05) is 6.07 Å². The second-order valence-corrected chi connectivity index (χ2v) is 3.73. The average molecular weight is 159 g/mol. The highest BCUT2D eigenvalue weighted by molar-refractivity contribution is 5.42. The van der Waals surface area contributed by atoms with E-state index < -0.39 is 0 Å². The van der Waals surface area contributed by atoms with E-state index in [4.69, 9.17) is 4.74 Å². The van der Waals surface area contributed by atoms with Crippen LogP contribution in [0.3, 0.4) is 0 Å². The summed E-state index contributed by atoms with van der Waals surface area (Å²) in [6.07, 6.45) is 5.87. The van der Waals surface area contributed by atoms with E-state index in [0.29, 0.717) is 0 Å². The monoisotopic (exact) mass is 159 g/mol. The summed E-state index contributed by atoms with van der Waals surface area (Å²) in [4.78, 5) is 0. The van der Waals surface area contributed by atoms with Gasteiger partial charge in [-0.3, -0.25) is 0 Å². The van der Waals surface area contributed by atoms with Crippen LogP contribution in [0.15, 0.2) is 24.3 Å². The first-order valence-electron chi connectivity index (χ1n) is 4.49. The molecule has 0 N–H and O–H groups in total. The summed E-state index contributed by atoms with van der Waals surface area (Å²) in [7, 11) is 0. The zero-order chi connectivity index (χ0) is 8.02. The minimum atomic E-state index is 0.217. The van der Waals surface area contributed by atoms with E-state index >= 15 is 0 Å². The lowest BCUT2D eigenvalue weighted by molar-refractivity contribution is 0.166. The first-order chi connectivity index (χ1) is 5.88. The Morgan fingerprint density at radius 3 is 2.83 bits per heavy atom. The zero-order valence-electron chi connectivity index (χ0n) is 6.92. The molecule has 1 nitrogen and oxygen atoms in total. The number of hydrogen-bond acceptors (Lipinski definition) is 1. The molecule has 0 saturated heterocycles. The number of fused-ring (bicyclic) bond motifs is 1. The van der Waals surface area contributed by atoms with Gasteiger partial charge in [-0.05, 0) is 37.3 Å². The maximum atomic E-state index is 5.90. The van der Waals surface area contributed by atoms with Gasteiger partial charge in [0.1, 0.15) is 11.4 Å². The summed E-state index contributed by atoms with van der Waals surface area (Å²) in [6, 6.07) is 8.27. The van der Waals surface area contributed by atoms with Gasteiger partial charge in [0.25, 0.3) is 0 Å². The van der Waals surface area contributed by atoms with E-state index in [0.717, 1.165) is 12.2 Å². The van der Waals surface area contributed by atoms with Gasteiger partial charge < -0.3 is 4.74 Å². The molecular weight excluding hydrogens is 148 g/mol. The fraction of sp³-hybridized carbons (Fsp3) is 0.364. The van der Waals surface area contributed by atoms with Crippen molar-refractivity contribution >= 4 is 0 Å². The minimum absolute atomic E-state index is 0.217. The third kappa shape index (κ3) is 0.857. The summed E-state index contributed by atoms with van der Waals surface area (Å²) < 4.78 is 5.90. The van der Waals surface area contributed by atoms with Gasteiger partial charge in [-0.15, -0.1) is 0 Å². The van der Waals surface area contributed by atoms with Crippen LogP contribution in [0.25, 0.3) is 0 Å². The average Bonchev–Trinajstić information content (AvgIpc) is 2.85. The van der Waals surface area contributed by atoms with Crippen molar-refractivity contribution in [1.29, 1.82) is 0 Å². The smallest absolute Gasteiger partial charge is 0.123 e. The van der Waals surface area contributed by atoms with E-state index in [9.17, 15) is 0 Å². The quantitative estimate of drug-likeness (QED) is 0.565. The SMILES string of the molecule is [CH]1CC2(CC2)Oc2ccccc21. The van der Waals surface area contributed by atoms with Crippen molar-refractivity contribution in [2.24, 2.45) is 0 Å². The third-order valence-corrected chi connectivity index (χ3v) is 2.75. The van der Waals surface area contributed by atoms with Crippen LogP contribution < -0.4 is 4.74 Å². The molecule has 1 heterocycles. The molecule has 0 atom stereocenters. The Morgan fingerprint density at radius 1 is 1.17 bits per heavy atom. The summed E-state index contributed by atoms with van der Waals surface area (Å²) in [6.45, 7) is 0. The Balaban J connectivity index is 2.01. The zero-order valence-corrected chi connectivity index (χ0v) is 6.92. The topological polar surface area (TPSA) is 9.23 Å². The summed E-state index contributed by atoms with van der Waals surface area (Å²) in [5.74, 6) is 1.07. The summed E-state index contributed by atoms with van der Waals surface area (Å²) >= 11 is 0. The van der Waals surface area contributed by atoms with Crippen molar-refractivity contribution in [3.05, 3.63) is 36.2 Å². The van der Waals surface area contributed by atoms with Crippen molar-refractivity contribution in [3.63, 3.8) is 0 Å². The van der Waals surface area contributed by atoms with Crippen LogP contribution >= 0.6 is 0 Å². The van der Waals surface area contributed by atoms with Gasteiger partial charge in [-0.25, -0.2) is 0 Å². The largest absolute Gasteiger partial charge is 0.487 e. The molecule has 2 aliphatic rings. The Hall–Kier alpha value is -0.980. The second kappa shape index (κ2) is 2.03. The second-order valence-electron chi connectivity index (χ2n) is 3.73. The Bertz CT molecular complexity index is 313. The lowest BCUT2D eigenvalue weighted by Crippen LogP contribution is -2.22. The van der Waals surface area contributed by atoms with Crippen molar-refractivity contribution in [1.82, 2.24) is 0 Å². The standard InChI is InChI=1S/C11H11O/c1-2-4-10-9(3-1)5-6-11(12-10)7-8-11/h1-5H,6-8H2. The molecule has 0 amide bonds. The molecule has 0 aromatic heterocycles. The molecule has 1 fully saturated rings. The van der Waals surface area contributed by atoms with Crippen LogP contribution in [0.2, 0.25) is 0 Å². The van der Waals surface area contributed by atoms with Crippen molar-refractivity contribution < 1.29 is 4.74 Å². The third-order valence-electron chi connectivity index (χ3n) is 2.75. The van der Waals surface area contributed by atoms with Crippen LogP contribution in [0.5, 0.6) is 5.75 Å². The summed E-state index contributed by atoms with van der Waals surface area (Å²) in [5, 5.41) is 0. The predicted molar refractivity (Wildman–Crippen MR) is 47.1 cm³/mol. The Morgan fingerprint density at radius 2 is 2.00 bits per heavy atom. The number of para-hydroxylation sites is 1. The minimum Gasteiger partial charge on any atom is -0.487 e. The van der Waals surface area contributed by atoms with E-state index in [2.05, 4.69) is 24.6 Å². The molecule has 0 unspecified atom stereocenters. The molecule has 0 bridgehead atoms. The molecule has 1 radical (unpaired) electrons. The molecule has 1 aliphatic carbocycles. The van der Waals surface area contributed by atoms with E-state index in [-0.39, 0.29) is 5.60 Å². The van der Waals surface area contributed by atoms with Gasteiger partial charge in [-0.2, -0.15) is 0 Å². The molecule has 1 spiro atoms. The molecule has 3 rings (SSSR count). The first-order valence-corrected chi connectivity index (χ1v) is 4.49. The molecule has 61 valence electrons. The highest BCUT2D eigenvalue weighted by Gasteiger charge is 2.47. The molecule has 1 aromatic rings. The molecule has 1 aliphatic heterocycles. The first kappa shape index (κ1) is 6.53. The fourth-order valence-corrected chi connectivity index (χ4v) is 1.76. The lowest BCUT2D eigenvalue weighted by atomic mass is 10.0. The fourth-order valence-electron chi connectivity index (χ4n) is 1.76. The summed E-state index contributed by atoms with van der Waals surface area (Å²) in [5.41, 5.74) is 1.48. The van der Waals surface area contributed by atoms with Crippen LogP contribution in [-0.4, -0.2) is 5.60 Å². The Kier molecular flexibility index (Phi) is 1.11. The lowest BCUT2D eigenvalue weighted by Gasteiger charge is -2.25. The predicted octanol–water partition coefficient (Wildman–Crippen LogP) is 2.55. The maximum absolute atomic E-state index is 5.90. The number of rotatable bonds is 0. The van der Waals surface area contributed by atoms with Gasteiger partial charge in [0.15, 0.2) is 0 Å². The number of ether oxygens (including phenoxy) is 1. The van der Waals surface area contributed by atoms with Crippen LogP contribution in [0.1, 0.15) is 24.8 Å². The molecular formula is C11H11O. The van der Waals surface area contributed by atoms with Gasteiger partial charge in [0, 0.05) is 0 Å². The van der Waals surface area contributed by atoms with Gasteiger partial charge in [0.2, 0.25) is 0 Å². The van der Waals surface area contributed by atoms with Gasteiger partial charge in [-0.1, -0.05) is 18.2 Å². The van der Waals surface area contributed by atoms with Crippen LogP contribution in [0.4, 0.5) is 0 Å². The van der Waals surface area contributed by atoms with Gasteiger partial charge in [0.05, 0.1) is 0 Å². The van der Waals surface area contributed by atoms with E-state index in [1.165, 1.54) is 18.4 Å². The van der Waals surface area contributed by atoms with Crippen molar-refractivity contribution in [3.8, 4) is 5.75 Å². The van der Waals surface area contributed by atoms with E-state index in [1.54, 1.807) is 0 Å². The Labute approximate surface area is 72.4 Å². The molecule has 1 heteroatoms. The highest BCUT2D eigenvalue weighted by Crippen LogP contribution is 2.48. The molecule has 1 saturated carbocycles. The van der Waals surface area contributed by atoms with Crippen LogP contribution in [0, 0.1) is 6.42 Å². The number of benzene rings is 1. The molecule has 12 heavy (non-hydrogen) atoms. The van der Waals surface area contributed by atoms with Crippen molar-refractivity contribution in [2.75, 3.05) is 0 Å². The maximum Gasteiger partial charge on any atom is 0.123 e. The van der Waals surface area contributed by atoms with Crippen molar-refractivity contribution in [2.45, 2.75) is 24.9 Å². The normalized spacial score (nSPS) is 23.0. The highest BCUT2D eigenvalue weighted by atomic mass is 16.5. The molecule has 1 aromatic carbocycles. The van der Waals surface area contributed by atoms with Gasteiger partial charge >= 0.3 is 0 Å². The van der Waals surface area contributed by atoms with Crippen LogP contribution in [-0.2, 0) is 0 Å².